The summed E-state index contributed by atoms with van der Waals surface area (Å²) >= 11 is 1.94. The number of thioether (sulfide) groups is 1. The van der Waals surface area contributed by atoms with Crippen LogP contribution < -0.4 is 0 Å². The van der Waals surface area contributed by atoms with Crippen molar-refractivity contribution < 1.29 is 4.74 Å². The van der Waals surface area contributed by atoms with E-state index in [1.165, 1.54) is 10.5 Å². The Morgan fingerprint density at radius 2 is 2.06 bits per heavy atom. The molecule has 0 spiro atoms. The van der Waals surface area contributed by atoms with Gasteiger partial charge in [0.2, 0.25) is 0 Å². The molecule has 1 aromatic carbocycles. The maximum absolute atomic E-state index is 5.43. The first-order chi connectivity index (χ1) is 8.28. The molecule has 0 saturated carbocycles. The van der Waals surface area contributed by atoms with Crippen LogP contribution in [-0.4, -0.2) is 19.0 Å². The Balaban J connectivity index is 1.84. The normalized spacial score (nSPS) is 23.9. The molecule has 0 saturated heterocycles. The summed E-state index contributed by atoms with van der Waals surface area (Å²) < 4.78 is 5.43. The SMILES string of the molecule is CO[C@@H]1CC=CC(CSc2ccc(C)cc2)C1. The second kappa shape index (κ2) is 6.27. The Morgan fingerprint density at radius 3 is 2.76 bits per heavy atom. The molecule has 0 amide bonds. The van der Waals surface area contributed by atoms with Gasteiger partial charge in [-0.3, -0.25) is 0 Å². The minimum Gasteiger partial charge on any atom is -0.381 e. The molecular formula is C15H20OS. The Hall–Kier alpha value is -0.730. The fraction of sp³-hybridized carbons (Fsp3) is 0.467. The van der Waals surface area contributed by atoms with Crippen LogP contribution in [0, 0.1) is 12.8 Å². The van der Waals surface area contributed by atoms with E-state index in [2.05, 4.69) is 43.3 Å². The molecule has 1 nitrogen and oxygen atoms in total. The maximum Gasteiger partial charge on any atom is 0.0611 e. The summed E-state index contributed by atoms with van der Waals surface area (Å²) in [5.41, 5.74) is 1.33. The van der Waals surface area contributed by atoms with E-state index in [9.17, 15) is 0 Å². The van der Waals surface area contributed by atoms with Gasteiger partial charge in [-0.1, -0.05) is 29.8 Å². The monoisotopic (exact) mass is 248 g/mol. The second-order valence-corrected chi connectivity index (χ2v) is 5.73. The highest BCUT2D eigenvalue weighted by molar-refractivity contribution is 7.99. The van der Waals surface area contributed by atoms with Crippen LogP contribution in [0.2, 0.25) is 0 Å². The Labute approximate surface area is 108 Å². The quantitative estimate of drug-likeness (QED) is 0.587. The maximum atomic E-state index is 5.43. The van der Waals surface area contributed by atoms with Crippen LogP contribution in [0.25, 0.3) is 0 Å². The Kier molecular flexibility index (Phi) is 4.69. The van der Waals surface area contributed by atoms with Crippen LogP contribution in [0.4, 0.5) is 0 Å². The fourth-order valence-corrected chi connectivity index (χ4v) is 3.07. The molecule has 2 atom stereocenters. The molecule has 0 radical (unpaired) electrons. The van der Waals surface area contributed by atoms with Crippen molar-refractivity contribution in [3.8, 4) is 0 Å². The number of allylic oxidation sites excluding steroid dienone is 1. The van der Waals surface area contributed by atoms with E-state index in [-0.39, 0.29) is 0 Å². The van der Waals surface area contributed by atoms with E-state index in [4.69, 9.17) is 4.74 Å². The molecule has 1 aliphatic carbocycles. The van der Waals surface area contributed by atoms with Crippen molar-refractivity contribution in [2.75, 3.05) is 12.9 Å². The lowest BCUT2D eigenvalue weighted by Crippen LogP contribution is -2.19. The van der Waals surface area contributed by atoms with Gasteiger partial charge in [-0.15, -0.1) is 11.8 Å². The summed E-state index contributed by atoms with van der Waals surface area (Å²) in [6.07, 6.45) is 7.26. The minimum absolute atomic E-state index is 0.420. The molecule has 0 N–H and O–H groups in total. The Bertz CT molecular complexity index is 369. The van der Waals surface area contributed by atoms with Crippen molar-refractivity contribution in [3.05, 3.63) is 42.0 Å². The van der Waals surface area contributed by atoms with Crippen LogP contribution >= 0.6 is 11.8 Å². The average molecular weight is 248 g/mol. The van der Waals surface area contributed by atoms with E-state index in [1.54, 1.807) is 0 Å². The van der Waals surface area contributed by atoms with Gasteiger partial charge in [-0.05, 0) is 37.8 Å². The third kappa shape index (κ3) is 3.90. The van der Waals surface area contributed by atoms with Crippen molar-refractivity contribution in [2.45, 2.75) is 30.8 Å². The number of rotatable bonds is 4. The zero-order chi connectivity index (χ0) is 12.1. The molecule has 0 aromatic heterocycles. The fourth-order valence-electron chi connectivity index (χ4n) is 2.09. The third-order valence-corrected chi connectivity index (χ3v) is 4.39. The molecule has 0 bridgehead atoms. The average Bonchev–Trinajstić information content (AvgIpc) is 2.38. The molecule has 1 unspecified atom stereocenters. The van der Waals surface area contributed by atoms with Crippen LogP contribution in [0.1, 0.15) is 18.4 Å². The van der Waals surface area contributed by atoms with Crippen LogP contribution in [0.15, 0.2) is 41.3 Å². The molecule has 0 aliphatic heterocycles. The largest absolute Gasteiger partial charge is 0.381 e. The molecule has 92 valence electrons. The number of methoxy groups -OCH3 is 1. The van der Waals surface area contributed by atoms with Gasteiger partial charge >= 0.3 is 0 Å². The van der Waals surface area contributed by atoms with Crippen LogP contribution in [0.3, 0.4) is 0 Å². The van der Waals surface area contributed by atoms with E-state index in [1.807, 2.05) is 18.9 Å². The van der Waals surface area contributed by atoms with Crippen LogP contribution in [-0.2, 0) is 4.74 Å². The zero-order valence-electron chi connectivity index (χ0n) is 10.6. The third-order valence-electron chi connectivity index (χ3n) is 3.19. The van der Waals surface area contributed by atoms with E-state index >= 15 is 0 Å². The summed E-state index contributed by atoms with van der Waals surface area (Å²) in [5, 5.41) is 0. The number of hydrogen-bond acceptors (Lipinski definition) is 2. The molecule has 2 heteroatoms. The van der Waals surface area contributed by atoms with Crippen molar-refractivity contribution in [1.29, 1.82) is 0 Å². The number of ether oxygens (including phenoxy) is 1. The second-order valence-electron chi connectivity index (χ2n) is 4.64. The van der Waals surface area contributed by atoms with E-state index < -0.39 is 0 Å². The van der Waals surface area contributed by atoms with Gasteiger partial charge in [0.1, 0.15) is 0 Å². The first-order valence-corrected chi connectivity index (χ1v) is 7.15. The van der Waals surface area contributed by atoms with Gasteiger partial charge in [0.05, 0.1) is 6.10 Å². The van der Waals surface area contributed by atoms with Gasteiger partial charge in [0.25, 0.3) is 0 Å². The summed E-state index contributed by atoms with van der Waals surface area (Å²) in [7, 11) is 1.81. The summed E-state index contributed by atoms with van der Waals surface area (Å²) in [4.78, 5) is 1.36. The number of benzene rings is 1. The minimum atomic E-state index is 0.420. The van der Waals surface area contributed by atoms with Gasteiger partial charge in [-0.25, -0.2) is 0 Å². The lowest BCUT2D eigenvalue weighted by Gasteiger charge is -2.23. The van der Waals surface area contributed by atoms with Gasteiger partial charge in [0, 0.05) is 17.8 Å². The zero-order valence-corrected chi connectivity index (χ0v) is 11.4. The molecule has 0 heterocycles. The van der Waals surface area contributed by atoms with Crippen molar-refractivity contribution >= 4 is 11.8 Å². The first kappa shape index (κ1) is 12.7. The van der Waals surface area contributed by atoms with Crippen molar-refractivity contribution in [2.24, 2.45) is 5.92 Å². The first-order valence-electron chi connectivity index (χ1n) is 6.17. The molecular weight excluding hydrogens is 228 g/mol. The van der Waals surface area contributed by atoms with Gasteiger partial charge in [-0.2, -0.15) is 0 Å². The number of aryl methyl sites for hydroxylation is 1. The molecule has 2 rings (SSSR count). The molecule has 0 fully saturated rings. The summed E-state index contributed by atoms with van der Waals surface area (Å²) in [5.74, 6) is 1.80. The topological polar surface area (TPSA) is 9.23 Å². The highest BCUT2D eigenvalue weighted by Crippen LogP contribution is 2.27. The standard InChI is InChI=1S/C15H20OS/c1-12-6-8-15(9-7-12)17-11-13-4-3-5-14(10-13)16-2/h3-4,6-9,13-14H,5,10-11H2,1-2H3/t13?,14-/m1/s1. The molecule has 1 aliphatic rings. The predicted octanol–water partition coefficient (Wildman–Crippen LogP) is 4.07. The van der Waals surface area contributed by atoms with Gasteiger partial charge in [0.15, 0.2) is 0 Å². The van der Waals surface area contributed by atoms with Crippen molar-refractivity contribution in [3.63, 3.8) is 0 Å². The lowest BCUT2D eigenvalue weighted by atomic mass is 9.95. The van der Waals surface area contributed by atoms with E-state index in [0.29, 0.717) is 12.0 Å². The predicted molar refractivity (Wildman–Crippen MR) is 74.6 cm³/mol. The smallest absolute Gasteiger partial charge is 0.0611 e. The summed E-state index contributed by atoms with van der Waals surface area (Å²) in [6.45, 7) is 2.13. The lowest BCUT2D eigenvalue weighted by molar-refractivity contribution is 0.0859. The van der Waals surface area contributed by atoms with Crippen LogP contribution in [0.5, 0.6) is 0 Å². The Morgan fingerprint density at radius 1 is 1.29 bits per heavy atom. The van der Waals surface area contributed by atoms with E-state index in [0.717, 1.165) is 18.6 Å². The number of hydrogen-bond donors (Lipinski definition) is 0. The van der Waals surface area contributed by atoms with Gasteiger partial charge < -0.3 is 4.74 Å². The van der Waals surface area contributed by atoms with Crippen molar-refractivity contribution in [1.82, 2.24) is 0 Å². The summed E-state index contributed by atoms with van der Waals surface area (Å²) in [6, 6.07) is 8.77. The molecule has 1 aromatic rings. The highest BCUT2D eigenvalue weighted by atomic mass is 32.2. The highest BCUT2D eigenvalue weighted by Gasteiger charge is 2.17. The molecule has 17 heavy (non-hydrogen) atoms.